The second kappa shape index (κ2) is 10.9. The van der Waals surface area contributed by atoms with Crippen molar-refractivity contribution in [3.8, 4) is 0 Å². The fraction of sp³-hybridized carbons (Fsp3) is 0.600. The van der Waals surface area contributed by atoms with Gasteiger partial charge in [0.2, 0.25) is 0 Å². The van der Waals surface area contributed by atoms with Gasteiger partial charge in [0.25, 0.3) is 0 Å². The van der Waals surface area contributed by atoms with Crippen LogP contribution in [0, 0.1) is 0 Å². The molecule has 0 unspecified atom stereocenters. The second-order valence-corrected chi connectivity index (χ2v) is 1.80. The maximum atomic E-state index is 3.66. The highest BCUT2D eigenvalue weighted by molar-refractivity contribution is 5.39. The number of hydrogen-bond donors (Lipinski definition) is 0. The van der Waals surface area contributed by atoms with Crippen LogP contribution in [0.25, 0.3) is 5.70 Å². The average molecular weight is 183 g/mol. The molecule has 0 saturated carbocycles. The summed E-state index contributed by atoms with van der Waals surface area (Å²) in [6.07, 6.45) is 5.36. The third-order valence-electron chi connectivity index (χ3n) is 1.24. The van der Waals surface area contributed by atoms with E-state index in [0.29, 0.717) is 0 Å². The monoisotopic (exact) mass is 183 g/mol. The molecule has 0 aliphatic rings. The average Bonchev–Trinajstić information content (AvgIpc) is 2.76. The Kier molecular flexibility index (Phi) is 12.1. The summed E-state index contributed by atoms with van der Waals surface area (Å²) >= 11 is 0. The van der Waals surface area contributed by atoms with E-state index >= 15 is 0 Å². The quantitative estimate of drug-likeness (QED) is 0.669. The summed E-state index contributed by atoms with van der Waals surface area (Å²) in [4.78, 5) is 0. The van der Waals surface area contributed by atoms with Crippen LogP contribution in [0.3, 0.4) is 0 Å². The lowest BCUT2D eigenvalue weighted by molar-refractivity contribution is 1.07. The Labute approximate surface area is 81.5 Å². The van der Waals surface area contributed by atoms with E-state index in [1.165, 1.54) is 0 Å². The normalized spacial score (nSPS) is 9.23. The number of hydrogen-bond acceptors (Lipinski definition) is 2. The van der Waals surface area contributed by atoms with Gasteiger partial charge in [-0.25, -0.2) is 0 Å². The predicted octanol–water partition coefficient (Wildman–Crippen LogP) is 3.21. The number of allylic oxidation sites excluding steroid dienone is 2. The molecule has 0 N–H and O–H groups in total. The van der Waals surface area contributed by atoms with Crippen LogP contribution in [-0.2, 0) is 0 Å². The van der Waals surface area contributed by atoms with Crippen LogP contribution in [-0.4, -0.2) is 14.8 Å². The minimum Gasteiger partial charge on any atom is -0.293 e. The summed E-state index contributed by atoms with van der Waals surface area (Å²) < 4.78 is 1.86. The summed E-state index contributed by atoms with van der Waals surface area (Å²) in [6, 6.07) is 0. The van der Waals surface area contributed by atoms with Crippen molar-refractivity contribution >= 4 is 5.70 Å². The highest BCUT2D eigenvalue weighted by atomic mass is 15.2. The van der Waals surface area contributed by atoms with Crippen LogP contribution in [0.1, 0.15) is 41.5 Å². The van der Waals surface area contributed by atoms with Crippen LogP contribution < -0.4 is 0 Å². The van der Waals surface area contributed by atoms with Crippen molar-refractivity contribution < 1.29 is 0 Å². The van der Waals surface area contributed by atoms with E-state index in [9.17, 15) is 0 Å². The molecular weight excluding hydrogens is 162 g/mol. The van der Waals surface area contributed by atoms with Crippen LogP contribution in [0.5, 0.6) is 0 Å². The second-order valence-electron chi connectivity index (χ2n) is 1.80. The SMILES string of the molecule is C/C=C(\C)n1cnnc1.CC.CC. The van der Waals surface area contributed by atoms with E-state index in [1.54, 1.807) is 12.7 Å². The summed E-state index contributed by atoms with van der Waals surface area (Å²) in [5.74, 6) is 0. The molecule has 3 heteroatoms. The van der Waals surface area contributed by atoms with E-state index in [4.69, 9.17) is 0 Å². The summed E-state index contributed by atoms with van der Waals surface area (Å²) in [5, 5.41) is 7.33. The lowest BCUT2D eigenvalue weighted by Gasteiger charge is -1.95. The predicted molar refractivity (Wildman–Crippen MR) is 58.3 cm³/mol. The van der Waals surface area contributed by atoms with Gasteiger partial charge in [-0.3, -0.25) is 4.57 Å². The van der Waals surface area contributed by atoms with Gasteiger partial charge in [-0.1, -0.05) is 33.8 Å². The molecule has 13 heavy (non-hydrogen) atoms. The van der Waals surface area contributed by atoms with E-state index in [-0.39, 0.29) is 0 Å². The van der Waals surface area contributed by atoms with Gasteiger partial charge in [-0.05, 0) is 13.8 Å². The molecule has 0 spiro atoms. The van der Waals surface area contributed by atoms with E-state index < -0.39 is 0 Å². The molecule has 1 aromatic rings. The zero-order valence-electron chi connectivity index (χ0n) is 9.57. The highest BCUT2D eigenvalue weighted by Crippen LogP contribution is 1.97. The van der Waals surface area contributed by atoms with Gasteiger partial charge in [-0.2, -0.15) is 0 Å². The summed E-state index contributed by atoms with van der Waals surface area (Å²) in [7, 11) is 0. The molecule has 3 nitrogen and oxygen atoms in total. The smallest absolute Gasteiger partial charge is 0.123 e. The third-order valence-corrected chi connectivity index (χ3v) is 1.24. The lowest BCUT2D eigenvalue weighted by Crippen LogP contribution is -1.86. The van der Waals surface area contributed by atoms with Gasteiger partial charge in [0, 0.05) is 5.70 Å². The van der Waals surface area contributed by atoms with Gasteiger partial charge < -0.3 is 0 Å². The number of nitrogens with zero attached hydrogens (tertiary/aromatic N) is 3. The van der Waals surface area contributed by atoms with Crippen molar-refractivity contribution in [3.63, 3.8) is 0 Å². The molecule has 0 saturated heterocycles. The largest absolute Gasteiger partial charge is 0.293 e. The Morgan fingerprint density at radius 3 is 1.77 bits per heavy atom. The van der Waals surface area contributed by atoms with Gasteiger partial charge in [0.15, 0.2) is 0 Å². The fourth-order valence-corrected chi connectivity index (χ4v) is 0.532. The van der Waals surface area contributed by atoms with Crippen LogP contribution in [0.2, 0.25) is 0 Å². The molecule has 0 aliphatic carbocycles. The maximum absolute atomic E-state index is 3.66. The molecule has 1 aromatic heterocycles. The maximum Gasteiger partial charge on any atom is 0.123 e. The number of rotatable bonds is 1. The molecular formula is C10H21N3. The van der Waals surface area contributed by atoms with Gasteiger partial charge in [-0.15, -0.1) is 10.2 Å². The van der Waals surface area contributed by atoms with Crippen LogP contribution >= 0.6 is 0 Å². The standard InChI is InChI=1S/C6H9N3.2C2H6/c1-3-6(2)9-4-7-8-5-9;2*1-2/h3-5H,1-2H3;2*1-2H3/b6-3+;;. The first-order valence-electron chi connectivity index (χ1n) is 4.82. The Bertz CT molecular complexity index is 200. The molecule has 0 radical (unpaired) electrons. The van der Waals surface area contributed by atoms with Crippen LogP contribution in [0.15, 0.2) is 18.7 Å². The van der Waals surface area contributed by atoms with Crippen molar-refractivity contribution in [2.75, 3.05) is 0 Å². The molecule has 1 heterocycles. The molecule has 0 aromatic carbocycles. The van der Waals surface area contributed by atoms with Crippen molar-refractivity contribution in [2.45, 2.75) is 41.5 Å². The van der Waals surface area contributed by atoms with E-state index in [2.05, 4.69) is 10.2 Å². The molecule has 76 valence electrons. The van der Waals surface area contributed by atoms with E-state index in [0.717, 1.165) is 5.70 Å². The van der Waals surface area contributed by atoms with E-state index in [1.807, 2.05) is 52.2 Å². The topological polar surface area (TPSA) is 30.7 Å². The van der Waals surface area contributed by atoms with Crippen LogP contribution in [0.4, 0.5) is 0 Å². The zero-order valence-corrected chi connectivity index (χ0v) is 9.57. The first-order valence-corrected chi connectivity index (χ1v) is 4.82. The Morgan fingerprint density at radius 2 is 1.46 bits per heavy atom. The first-order chi connectivity index (χ1) is 6.34. The molecule has 1 rings (SSSR count). The molecule has 0 aliphatic heterocycles. The fourth-order valence-electron chi connectivity index (χ4n) is 0.532. The number of aromatic nitrogens is 3. The Balaban J connectivity index is 0. The Hall–Kier alpha value is -1.12. The zero-order chi connectivity index (χ0) is 10.7. The summed E-state index contributed by atoms with van der Waals surface area (Å²) in [5.41, 5.74) is 1.14. The lowest BCUT2D eigenvalue weighted by atomic mass is 10.4. The first kappa shape index (κ1) is 14.4. The molecule has 0 amide bonds. The van der Waals surface area contributed by atoms with Gasteiger partial charge in [0.1, 0.15) is 12.7 Å². The highest BCUT2D eigenvalue weighted by Gasteiger charge is 1.87. The Morgan fingerprint density at radius 1 is 1.08 bits per heavy atom. The van der Waals surface area contributed by atoms with Crippen molar-refractivity contribution in [3.05, 3.63) is 18.7 Å². The van der Waals surface area contributed by atoms with Crippen molar-refractivity contribution in [2.24, 2.45) is 0 Å². The summed E-state index contributed by atoms with van der Waals surface area (Å²) in [6.45, 7) is 12.0. The molecule has 0 bridgehead atoms. The molecule has 0 fully saturated rings. The van der Waals surface area contributed by atoms with Gasteiger partial charge in [0.05, 0.1) is 0 Å². The minimum absolute atomic E-state index is 1.14. The van der Waals surface area contributed by atoms with Gasteiger partial charge >= 0.3 is 0 Å². The van der Waals surface area contributed by atoms with Crippen molar-refractivity contribution in [1.82, 2.24) is 14.8 Å². The third kappa shape index (κ3) is 6.08. The molecule has 0 atom stereocenters. The minimum atomic E-state index is 1.14. The van der Waals surface area contributed by atoms with Crippen molar-refractivity contribution in [1.29, 1.82) is 0 Å².